The summed E-state index contributed by atoms with van der Waals surface area (Å²) in [5.74, 6) is 5.93. The van der Waals surface area contributed by atoms with Crippen molar-refractivity contribution in [3.05, 3.63) is 34.8 Å². The Balaban J connectivity index is 2.72. The first kappa shape index (κ1) is 8.47. The van der Waals surface area contributed by atoms with E-state index in [-0.39, 0.29) is 0 Å². The molecule has 0 saturated heterocycles. The van der Waals surface area contributed by atoms with E-state index in [0.29, 0.717) is 5.82 Å². The van der Waals surface area contributed by atoms with Crippen molar-refractivity contribution >= 4 is 32.7 Å². The van der Waals surface area contributed by atoms with E-state index in [2.05, 4.69) is 26.3 Å². The molecule has 0 aliphatic heterocycles. The largest absolute Gasteiger partial charge is 0.308 e. The lowest BCUT2D eigenvalue weighted by molar-refractivity contribution is 1.26. The molecule has 0 radical (unpaired) electrons. The number of anilines is 1. The third-order valence-corrected chi connectivity index (χ3v) is 2.52. The number of pyridine rings is 1. The highest BCUT2D eigenvalue weighted by atomic mass is 79.9. The lowest BCUT2D eigenvalue weighted by Crippen LogP contribution is -2.08. The Morgan fingerprint density at radius 1 is 1.23 bits per heavy atom. The number of rotatable bonds is 1. The average Bonchev–Trinajstić information content (AvgIpc) is 2.18. The van der Waals surface area contributed by atoms with Crippen LogP contribution in [-0.4, -0.2) is 4.98 Å². The highest BCUT2D eigenvalue weighted by molar-refractivity contribution is 9.10. The molecule has 3 N–H and O–H groups in total. The van der Waals surface area contributed by atoms with Crippen LogP contribution in [-0.2, 0) is 0 Å². The summed E-state index contributed by atoms with van der Waals surface area (Å²) < 4.78 is 1.04. The number of nitrogens with two attached hydrogens (primary N) is 1. The summed E-state index contributed by atoms with van der Waals surface area (Å²) in [6.07, 6.45) is 0. The summed E-state index contributed by atoms with van der Waals surface area (Å²) >= 11 is 3.45. The summed E-state index contributed by atoms with van der Waals surface area (Å²) in [6.45, 7) is 0. The molecule has 1 aromatic carbocycles. The third-order valence-electron chi connectivity index (χ3n) is 1.83. The molecule has 2 rings (SSSR count). The molecular formula is C9H8BrN3. The van der Waals surface area contributed by atoms with Crippen LogP contribution in [0.2, 0.25) is 0 Å². The first-order valence-electron chi connectivity index (χ1n) is 3.83. The molecule has 0 unspecified atom stereocenters. The molecule has 66 valence electrons. The molecule has 0 saturated carbocycles. The molecule has 13 heavy (non-hydrogen) atoms. The number of hydrazine groups is 1. The summed E-state index contributed by atoms with van der Waals surface area (Å²) in [4.78, 5) is 4.29. The van der Waals surface area contributed by atoms with Gasteiger partial charge in [-0.25, -0.2) is 10.8 Å². The number of nitrogens with one attached hydrogen (secondary N) is 1. The van der Waals surface area contributed by atoms with E-state index >= 15 is 0 Å². The second-order valence-corrected chi connectivity index (χ2v) is 3.50. The second-order valence-electron chi connectivity index (χ2n) is 2.65. The van der Waals surface area contributed by atoms with Crippen molar-refractivity contribution in [2.45, 2.75) is 0 Å². The maximum absolute atomic E-state index is 5.25. The van der Waals surface area contributed by atoms with Crippen LogP contribution in [0.5, 0.6) is 0 Å². The molecule has 2 aromatic rings. The minimum atomic E-state index is 0.672. The quantitative estimate of drug-likeness (QED) is 0.591. The Hall–Kier alpha value is -1.13. The predicted octanol–water partition coefficient (Wildman–Crippen LogP) is 2.28. The van der Waals surface area contributed by atoms with Crippen molar-refractivity contribution in [1.29, 1.82) is 0 Å². The number of hydrogen-bond acceptors (Lipinski definition) is 3. The van der Waals surface area contributed by atoms with Crippen molar-refractivity contribution in [2.24, 2.45) is 5.84 Å². The molecule has 0 bridgehead atoms. The molecular weight excluding hydrogens is 230 g/mol. The molecule has 0 spiro atoms. The summed E-state index contributed by atoms with van der Waals surface area (Å²) in [6, 6.07) is 9.69. The molecule has 0 aliphatic carbocycles. The van der Waals surface area contributed by atoms with E-state index in [1.165, 1.54) is 0 Å². The van der Waals surface area contributed by atoms with E-state index in [1.807, 2.05) is 30.3 Å². The molecule has 0 fully saturated rings. The molecule has 0 aliphatic rings. The van der Waals surface area contributed by atoms with Crippen LogP contribution in [0, 0.1) is 0 Å². The van der Waals surface area contributed by atoms with Gasteiger partial charge in [0.1, 0.15) is 5.82 Å². The van der Waals surface area contributed by atoms with Gasteiger partial charge in [0.25, 0.3) is 0 Å². The van der Waals surface area contributed by atoms with E-state index in [4.69, 9.17) is 5.84 Å². The van der Waals surface area contributed by atoms with Gasteiger partial charge in [-0.2, -0.15) is 0 Å². The number of benzene rings is 1. The van der Waals surface area contributed by atoms with Gasteiger partial charge in [0.15, 0.2) is 0 Å². The number of halogens is 1. The fraction of sp³-hybridized carbons (Fsp3) is 0. The Morgan fingerprint density at radius 2 is 2.08 bits per heavy atom. The third kappa shape index (κ3) is 1.50. The molecule has 1 heterocycles. The van der Waals surface area contributed by atoms with Gasteiger partial charge < -0.3 is 5.43 Å². The first-order valence-corrected chi connectivity index (χ1v) is 4.62. The second kappa shape index (κ2) is 3.32. The van der Waals surface area contributed by atoms with Crippen LogP contribution < -0.4 is 11.3 Å². The van der Waals surface area contributed by atoms with Crippen LogP contribution in [0.3, 0.4) is 0 Å². The average molecular weight is 238 g/mol. The van der Waals surface area contributed by atoms with Crippen molar-refractivity contribution in [1.82, 2.24) is 4.98 Å². The fourth-order valence-electron chi connectivity index (χ4n) is 1.20. The zero-order chi connectivity index (χ0) is 9.26. The van der Waals surface area contributed by atoms with Crippen LogP contribution in [0.1, 0.15) is 0 Å². The lowest BCUT2D eigenvalue weighted by Gasteiger charge is -2.02. The van der Waals surface area contributed by atoms with Crippen molar-refractivity contribution in [3.63, 3.8) is 0 Å². The van der Waals surface area contributed by atoms with Crippen LogP contribution in [0.25, 0.3) is 10.9 Å². The zero-order valence-electron chi connectivity index (χ0n) is 6.79. The fourth-order valence-corrected chi connectivity index (χ4v) is 1.69. The zero-order valence-corrected chi connectivity index (χ0v) is 8.38. The standard InChI is InChI=1S/C9H8BrN3/c10-7-2-1-3-8-6(7)4-5-9(12-8)13-11/h1-5H,11H2,(H,12,13). The summed E-state index contributed by atoms with van der Waals surface area (Å²) in [5.41, 5.74) is 3.43. The Bertz CT molecular complexity index is 442. The van der Waals surface area contributed by atoms with Gasteiger partial charge in [0.05, 0.1) is 5.52 Å². The number of aromatic nitrogens is 1. The van der Waals surface area contributed by atoms with E-state index in [9.17, 15) is 0 Å². The van der Waals surface area contributed by atoms with Crippen molar-refractivity contribution in [3.8, 4) is 0 Å². The number of nitrogens with zero attached hydrogens (tertiary/aromatic N) is 1. The smallest absolute Gasteiger partial charge is 0.140 e. The predicted molar refractivity (Wildman–Crippen MR) is 57.3 cm³/mol. The van der Waals surface area contributed by atoms with Crippen LogP contribution in [0.15, 0.2) is 34.8 Å². The van der Waals surface area contributed by atoms with Gasteiger partial charge in [-0.15, -0.1) is 0 Å². The van der Waals surface area contributed by atoms with E-state index < -0.39 is 0 Å². The normalized spacial score (nSPS) is 10.3. The minimum Gasteiger partial charge on any atom is -0.308 e. The first-order chi connectivity index (χ1) is 6.31. The Labute approximate surface area is 84.1 Å². The molecule has 0 amide bonds. The summed E-state index contributed by atoms with van der Waals surface area (Å²) in [7, 11) is 0. The van der Waals surface area contributed by atoms with Gasteiger partial charge >= 0.3 is 0 Å². The lowest BCUT2D eigenvalue weighted by atomic mass is 10.2. The van der Waals surface area contributed by atoms with Crippen molar-refractivity contribution in [2.75, 3.05) is 5.43 Å². The molecule has 1 aromatic heterocycles. The van der Waals surface area contributed by atoms with Gasteiger partial charge in [0, 0.05) is 9.86 Å². The maximum atomic E-state index is 5.25. The molecule has 3 nitrogen and oxygen atoms in total. The highest BCUT2D eigenvalue weighted by Gasteiger charge is 1.99. The molecule has 0 atom stereocenters. The molecule has 4 heteroatoms. The number of nitrogen functional groups attached to an aromatic ring is 1. The van der Waals surface area contributed by atoms with E-state index in [0.717, 1.165) is 15.4 Å². The van der Waals surface area contributed by atoms with Gasteiger partial charge in [-0.05, 0) is 24.3 Å². The van der Waals surface area contributed by atoms with Crippen LogP contribution >= 0.6 is 15.9 Å². The van der Waals surface area contributed by atoms with Crippen molar-refractivity contribution < 1.29 is 0 Å². The SMILES string of the molecule is NNc1ccc2c(Br)cccc2n1. The van der Waals surface area contributed by atoms with Crippen LogP contribution in [0.4, 0.5) is 5.82 Å². The summed E-state index contributed by atoms with van der Waals surface area (Å²) in [5, 5.41) is 1.08. The number of hydrogen-bond donors (Lipinski definition) is 2. The number of fused-ring (bicyclic) bond motifs is 1. The minimum absolute atomic E-state index is 0.672. The highest BCUT2D eigenvalue weighted by Crippen LogP contribution is 2.23. The van der Waals surface area contributed by atoms with Gasteiger partial charge in [0.2, 0.25) is 0 Å². The van der Waals surface area contributed by atoms with E-state index in [1.54, 1.807) is 0 Å². The monoisotopic (exact) mass is 237 g/mol. The Kier molecular flexibility index (Phi) is 2.16. The topological polar surface area (TPSA) is 50.9 Å². The van der Waals surface area contributed by atoms with Gasteiger partial charge in [-0.1, -0.05) is 22.0 Å². The van der Waals surface area contributed by atoms with Gasteiger partial charge in [-0.3, -0.25) is 0 Å². The maximum Gasteiger partial charge on any atom is 0.140 e. The Morgan fingerprint density at radius 3 is 2.85 bits per heavy atom.